The lowest BCUT2D eigenvalue weighted by Gasteiger charge is -2.11. The Morgan fingerprint density at radius 2 is 1.75 bits per heavy atom. The van der Waals surface area contributed by atoms with Crippen LogP contribution >= 0.6 is 0 Å². The van der Waals surface area contributed by atoms with Gasteiger partial charge in [-0.15, -0.1) is 0 Å². The van der Waals surface area contributed by atoms with Gasteiger partial charge in [0.15, 0.2) is 0 Å². The summed E-state index contributed by atoms with van der Waals surface area (Å²) in [6, 6.07) is 13.5. The number of carboxylic acid groups (broad SMARTS) is 1. The quantitative estimate of drug-likeness (QED) is 0.488. The van der Waals surface area contributed by atoms with Gasteiger partial charge in [-0.3, -0.25) is 0 Å². The van der Waals surface area contributed by atoms with E-state index in [9.17, 15) is 9.90 Å². The fourth-order valence-corrected chi connectivity index (χ4v) is 2.35. The highest BCUT2D eigenvalue weighted by Gasteiger charge is 2.17. The Hall–Kier alpha value is -3.94. The predicted octanol–water partition coefficient (Wildman–Crippen LogP) is 3.84. The van der Waals surface area contributed by atoms with Crippen molar-refractivity contribution in [3.63, 3.8) is 0 Å². The van der Waals surface area contributed by atoms with Crippen molar-refractivity contribution >= 4 is 11.5 Å². The molecule has 0 aliphatic carbocycles. The summed E-state index contributed by atoms with van der Waals surface area (Å²) in [7, 11) is 1.37. The van der Waals surface area contributed by atoms with Crippen LogP contribution in [0.25, 0.3) is 5.57 Å². The van der Waals surface area contributed by atoms with E-state index in [2.05, 4.69) is 15.0 Å². The van der Waals surface area contributed by atoms with Crippen LogP contribution in [0.3, 0.4) is 0 Å². The van der Waals surface area contributed by atoms with Crippen LogP contribution in [-0.4, -0.2) is 33.1 Å². The van der Waals surface area contributed by atoms with Crippen molar-refractivity contribution < 1.29 is 24.1 Å². The summed E-state index contributed by atoms with van der Waals surface area (Å²) >= 11 is 0. The number of carbonyl (C=O) groups is 1. The first-order valence-electron chi connectivity index (χ1n) is 8.24. The van der Waals surface area contributed by atoms with Crippen molar-refractivity contribution in [1.29, 1.82) is 0 Å². The topological polar surface area (TPSA) is 104 Å². The molecule has 8 nitrogen and oxygen atoms in total. The number of pyridine rings is 1. The lowest BCUT2D eigenvalue weighted by Crippen LogP contribution is -2.03. The number of aryl methyl sites for hydroxylation is 1. The van der Waals surface area contributed by atoms with Crippen LogP contribution in [-0.2, 0) is 9.53 Å². The molecule has 0 saturated carbocycles. The van der Waals surface area contributed by atoms with E-state index in [0.29, 0.717) is 17.2 Å². The number of nitrogens with zero attached hydrogens (tertiary/aromatic N) is 3. The van der Waals surface area contributed by atoms with Crippen LogP contribution in [0.5, 0.6) is 23.4 Å². The fourth-order valence-electron chi connectivity index (χ4n) is 2.35. The van der Waals surface area contributed by atoms with Crippen molar-refractivity contribution in [1.82, 2.24) is 15.0 Å². The summed E-state index contributed by atoms with van der Waals surface area (Å²) in [4.78, 5) is 23.9. The molecule has 0 radical (unpaired) electrons. The second kappa shape index (κ2) is 8.63. The summed E-state index contributed by atoms with van der Waals surface area (Å²) in [6.07, 6.45) is 2.43. The van der Waals surface area contributed by atoms with E-state index >= 15 is 0 Å². The summed E-state index contributed by atoms with van der Waals surface area (Å²) in [5, 5.41) is 9.42. The molecule has 3 rings (SSSR count). The molecule has 28 heavy (non-hydrogen) atoms. The number of hydrogen-bond acceptors (Lipinski definition) is 7. The highest BCUT2D eigenvalue weighted by atomic mass is 16.5. The number of ether oxygens (including phenoxy) is 3. The highest BCUT2D eigenvalue weighted by molar-refractivity contribution is 6.15. The summed E-state index contributed by atoms with van der Waals surface area (Å²) < 4.78 is 16.3. The Bertz CT molecular complexity index is 1020. The van der Waals surface area contributed by atoms with Gasteiger partial charge in [0.05, 0.1) is 19.4 Å². The normalized spacial score (nSPS) is 11.0. The van der Waals surface area contributed by atoms with E-state index in [0.717, 1.165) is 12.0 Å². The van der Waals surface area contributed by atoms with E-state index in [1.165, 1.54) is 19.5 Å². The van der Waals surface area contributed by atoms with Crippen LogP contribution < -0.4 is 9.47 Å². The van der Waals surface area contributed by atoms with E-state index in [4.69, 9.17) is 14.2 Å². The Labute approximate surface area is 161 Å². The van der Waals surface area contributed by atoms with Crippen LogP contribution in [0.1, 0.15) is 11.3 Å². The molecule has 0 amide bonds. The zero-order chi connectivity index (χ0) is 19.9. The molecule has 0 unspecified atom stereocenters. The maximum absolute atomic E-state index is 11.5. The number of aromatic nitrogens is 3. The average molecular weight is 379 g/mol. The van der Waals surface area contributed by atoms with Crippen molar-refractivity contribution in [3.8, 4) is 23.4 Å². The minimum Gasteiger partial charge on any atom is -0.503 e. The molecular weight excluding hydrogens is 362 g/mol. The Kier molecular flexibility index (Phi) is 5.81. The molecule has 8 heteroatoms. The minimum absolute atomic E-state index is 0.0485. The predicted molar refractivity (Wildman–Crippen MR) is 100 cm³/mol. The van der Waals surface area contributed by atoms with Gasteiger partial charge in [-0.25, -0.2) is 19.7 Å². The van der Waals surface area contributed by atoms with E-state index < -0.39 is 5.97 Å². The minimum atomic E-state index is -1.14. The molecule has 1 N–H and O–H groups in total. The lowest BCUT2D eigenvalue weighted by atomic mass is 10.1. The molecule has 0 aliphatic rings. The van der Waals surface area contributed by atoms with Crippen LogP contribution in [0.2, 0.25) is 0 Å². The Balaban J connectivity index is 1.87. The van der Waals surface area contributed by atoms with Crippen molar-refractivity contribution in [2.45, 2.75) is 6.92 Å². The number of hydrogen-bond donors (Lipinski definition) is 1. The first-order valence-corrected chi connectivity index (χ1v) is 8.24. The van der Waals surface area contributed by atoms with Crippen molar-refractivity contribution in [2.24, 2.45) is 0 Å². The molecule has 0 spiro atoms. The molecular formula is C20H17N3O5. The maximum Gasteiger partial charge on any atom is 0.339 e. The van der Waals surface area contributed by atoms with Crippen LogP contribution in [0, 0.1) is 6.92 Å². The SMILES string of the molecule is COC=C(C(=O)O)c1ccccc1Oc1cc(Oc2cccc(C)n2)ncn1. The van der Waals surface area contributed by atoms with Gasteiger partial charge in [0.1, 0.15) is 17.6 Å². The number of aliphatic carboxylic acids is 1. The summed E-state index contributed by atoms with van der Waals surface area (Å²) in [6.45, 7) is 1.85. The average Bonchev–Trinajstić information content (AvgIpc) is 2.67. The van der Waals surface area contributed by atoms with E-state index in [1.807, 2.05) is 19.1 Å². The number of methoxy groups -OCH3 is 1. The van der Waals surface area contributed by atoms with Crippen LogP contribution in [0.15, 0.2) is 61.1 Å². The molecule has 0 atom stereocenters. The smallest absolute Gasteiger partial charge is 0.339 e. The second-order valence-corrected chi connectivity index (χ2v) is 5.58. The van der Waals surface area contributed by atoms with Gasteiger partial charge in [-0.2, -0.15) is 0 Å². The standard InChI is InChI=1S/C20H17N3O5/c1-13-6-5-9-17(23-13)28-19-10-18(21-12-22-19)27-16-8-4-3-7-14(16)15(11-26-2)20(24)25/h3-12H,1-2H3,(H,24,25). The number of para-hydroxylation sites is 1. The Morgan fingerprint density at radius 3 is 2.46 bits per heavy atom. The van der Waals surface area contributed by atoms with E-state index in [-0.39, 0.29) is 17.3 Å². The molecule has 142 valence electrons. The van der Waals surface area contributed by atoms with Gasteiger partial charge >= 0.3 is 5.97 Å². The first kappa shape index (κ1) is 18.8. The molecule has 1 aromatic carbocycles. The molecule has 0 fully saturated rings. The molecule has 2 aromatic heterocycles. The van der Waals surface area contributed by atoms with Gasteiger partial charge in [-0.1, -0.05) is 24.3 Å². The zero-order valence-electron chi connectivity index (χ0n) is 15.2. The summed E-state index contributed by atoms with van der Waals surface area (Å²) in [5.41, 5.74) is 1.11. The number of rotatable bonds is 7. The van der Waals surface area contributed by atoms with Gasteiger partial charge < -0.3 is 19.3 Å². The van der Waals surface area contributed by atoms with Crippen LogP contribution in [0.4, 0.5) is 0 Å². The molecule has 0 bridgehead atoms. The third-order valence-corrected chi connectivity index (χ3v) is 3.55. The van der Waals surface area contributed by atoms with E-state index in [1.54, 1.807) is 30.3 Å². The van der Waals surface area contributed by atoms with Gasteiger partial charge in [0.25, 0.3) is 0 Å². The van der Waals surface area contributed by atoms with Gasteiger partial charge in [0.2, 0.25) is 17.6 Å². The van der Waals surface area contributed by atoms with Gasteiger partial charge in [-0.05, 0) is 19.1 Å². The largest absolute Gasteiger partial charge is 0.503 e. The summed E-state index contributed by atoms with van der Waals surface area (Å²) in [5.74, 6) is -0.0263. The second-order valence-electron chi connectivity index (χ2n) is 5.58. The lowest BCUT2D eigenvalue weighted by molar-refractivity contribution is -0.130. The molecule has 0 aliphatic heterocycles. The fraction of sp³-hybridized carbons (Fsp3) is 0.100. The molecule has 2 heterocycles. The maximum atomic E-state index is 11.5. The third-order valence-electron chi connectivity index (χ3n) is 3.55. The third kappa shape index (κ3) is 4.61. The zero-order valence-corrected chi connectivity index (χ0v) is 15.2. The first-order chi connectivity index (χ1) is 13.6. The monoisotopic (exact) mass is 379 g/mol. The highest BCUT2D eigenvalue weighted by Crippen LogP contribution is 2.31. The Morgan fingerprint density at radius 1 is 1.00 bits per heavy atom. The molecule has 0 saturated heterocycles. The van der Waals surface area contributed by atoms with Crippen molar-refractivity contribution in [2.75, 3.05) is 7.11 Å². The van der Waals surface area contributed by atoms with Gasteiger partial charge in [0, 0.05) is 17.3 Å². The van der Waals surface area contributed by atoms with Crippen molar-refractivity contribution in [3.05, 3.63) is 72.4 Å². The number of benzene rings is 1. The number of carboxylic acids is 1. The molecule has 3 aromatic rings.